The molecule has 1 unspecified atom stereocenters. The van der Waals surface area contributed by atoms with Gasteiger partial charge in [-0.05, 0) is 49.6 Å². The lowest BCUT2D eigenvalue weighted by Crippen LogP contribution is -2.56. The minimum atomic E-state index is -0.530. The van der Waals surface area contributed by atoms with Gasteiger partial charge in [-0.25, -0.2) is 9.59 Å². The molecule has 0 bridgehead atoms. The molecule has 182 valence electrons. The first-order valence-corrected chi connectivity index (χ1v) is 11.7. The zero-order chi connectivity index (χ0) is 24.3. The van der Waals surface area contributed by atoms with E-state index in [1.807, 2.05) is 63.2 Å². The van der Waals surface area contributed by atoms with Crippen molar-refractivity contribution in [3.05, 3.63) is 65.2 Å². The molecule has 0 aromatic heterocycles. The molecule has 0 spiro atoms. The number of nitrogens with zero attached hydrogens (tertiary/aromatic N) is 3. The monoisotopic (exact) mass is 467 g/mol. The average Bonchev–Trinajstić information content (AvgIpc) is 3.25. The smallest absolute Gasteiger partial charge is 0.410 e. The van der Waals surface area contributed by atoms with E-state index in [-0.39, 0.29) is 25.3 Å². The summed E-state index contributed by atoms with van der Waals surface area (Å²) in [5, 5.41) is 9.97. The molecular weight excluding hydrogens is 434 g/mol. The van der Waals surface area contributed by atoms with E-state index in [2.05, 4.69) is 11.0 Å². The summed E-state index contributed by atoms with van der Waals surface area (Å²) < 4.78 is 11.0. The Hall–Kier alpha value is -3.26. The van der Waals surface area contributed by atoms with Crippen LogP contribution in [0.1, 0.15) is 37.5 Å². The molecule has 4 rings (SSSR count). The van der Waals surface area contributed by atoms with Gasteiger partial charge >= 0.3 is 12.2 Å². The first-order valence-electron chi connectivity index (χ1n) is 11.7. The van der Waals surface area contributed by atoms with Crippen molar-refractivity contribution in [1.82, 2.24) is 9.80 Å². The van der Waals surface area contributed by atoms with Gasteiger partial charge < -0.3 is 19.5 Å². The molecule has 0 radical (unpaired) electrons. The number of carbonyl (C=O) groups excluding carboxylic acids is 2. The van der Waals surface area contributed by atoms with E-state index < -0.39 is 11.7 Å². The molecule has 1 fully saturated rings. The van der Waals surface area contributed by atoms with Crippen LogP contribution in [0, 0.1) is 0 Å². The maximum absolute atomic E-state index is 12.7. The standard InChI is InChI=1S/C26H33N3O5/c1-26(2,3)34-24(31)28-14-20-9-10-22(13-21(20)15-28)27-11-12-29(23(16-27)17-30)25(32)33-18-19-7-5-4-6-8-19/h4-10,13,23,30H,11-12,14-18H2,1-3H3. The molecule has 2 aliphatic rings. The summed E-state index contributed by atoms with van der Waals surface area (Å²) in [6, 6.07) is 15.4. The zero-order valence-electron chi connectivity index (χ0n) is 20.1. The van der Waals surface area contributed by atoms with Crippen molar-refractivity contribution in [3.63, 3.8) is 0 Å². The van der Waals surface area contributed by atoms with E-state index in [1.54, 1.807) is 9.80 Å². The fourth-order valence-corrected chi connectivity index (χ4v) is 4.32. The fourth-order valence-electron chi connectivity index (χ4n) is 4.32. The number of piperazine rings is 1. The van der Waals surface area contributed by atoms with Crippen molar-refractivity contribution < 1.29 is 24.2 Å². The van der Waals surface area contributed by atoms with Crippen molar-refractivity contribution in [2.24, 2.45) is 0 Å². The zero-order valence-corrected chi connectivity index (χ0v) is 20.1. The Bertz CT molecular complexity index is 1020. The molecule has 0 saturated carbocycles. The van der Waals surface area contributed by atoms with Gasteiger partial charge in [0, 0.05) is 38.4 Å². The Morgan fingerprint density at radius 1 is 1.00 bits per heavy atom. The van der Waals surface area contributed by atoms with Crippen LogP contribution in [0.3, 0.4) is 0 Å². The highest BCUT2D eigenvalue weighted by atomic mass is 16.6. The second-order valence-electron chi connectivity index (χ2n) is 9.81. The van der Waals surface area contributed by atoms with Crippen molar-refractivity contribution in [3.8, 4) is 0 Å². The summed E-state index contributed by atoms with van der Waals surface area (Å²) in [7, 11) is 0. The Kier molecular flexibility index (Phi) is 6.97. The molecule has 2 aromatic rings. The van der Waals surface area contributed by atoms with Gasteiger partial charge in [0.05, 0.1) is 12.6 Å². The highest BCUT2D eigenvalue weighted by molar-refractivity contribution is 5.70. The second-order valence-corrected chi connectivity index (χ2v) is 9.81. The second kappa shape index (κ2) is 9.93. The predicted molar refractivity (Wildman–Crippen MR) is 128 cm³/mol. The summed E-state index contributed by atoms with van der Waals surface area (Å²) in [6.07, 6.45) is -0.724. The molecule has 1 atom stereocenters. The number of aliphatic hydroxyl groups is 1. The van der Waals surface area contributed by atoms with E-state index in [0.29, 0.717) is 32.7 Å². The maximum atomic E-state index is 12.7. The highest BCUT2D eigenvalue weighted by Crippen LogP contribution is 2.30. The van der Waals surface area contributed by atoms with E-state index in [9.17, 15) is 14.7 Å². The van der Waals surface area contributed by atoms with Crippen molar-refractivity contribution in [2.45, 2.75) is 52.1 Å². The average molecular weight is 468 g/mol. The topological polar surface area (TPSA) is 82.6 Å². The summed E-state index contributed by atoms with van der Waals surface area (Å²) in [6.45, 7) is 8.28. The summed E-state index contributed by atoms with van der Waals surface area (Å²) in [5.74, 6) is 0. The number of hydrogen-bond acceptors (Lipinski definition) is 6. The van der Waals surface area contributed by atoms with Crippen LogP contribution in [0.2, 0.25) is 0 Å². The SMILES string of the molecule is CC(C)(C)OC(=O)N1Cc2ccc(N3CCN(C(=O)OCc4ccccc4)C(CO)C3)cc2C1. The third-order valence-corrected chi connectivity index (χ3v) is 6.06. The van der Waals surface area contributed by atoms with Crippen LogP contribution in [-0.2, 0) is 29.2 Å². The minimum absolute atomic E-state index is 0.145. The van der Waals surface area contributed by atoms with Gasteiger partial charge in [0.15, 0.2) is 0 Å². The van der Waals surface area contributed by atoms with Crippen LogP contribution in [0.4, 0.5) is 15.3 Å². The molecule has 1 N–H and O–H groups in total. The largest absolute Gasteiger partial charge is 0.445 e. The number of benzene rings is 2. The molecule has 2 heterocycles. The number of carbonyl (C=O) groups is 2. The van der Waals surface area contributed by atoms with Gasteiger partial charge in [-0.2, -0.15) is 0 Å². The van der Waals surface area contributed by atoms with Crippen LogP contribution in [-0.4, -0.2) is 65.0 Å². The molecule has 2 aromatic carbocycles. The number of ether oxygens (including phenoxy) is 2. The van der Waals surface area contributed by atoms with Crippen molar-refractivity contribution >= 4 is 17.9 Å². The molecular formula is C26H33N3O5. The van der Waals surface area contributed by atoms with E-state index in [1.165, 1.54) is 0 Å². The molecule has 8 nitrogen and oxygen atoms in total. The number of anilines is 1. The summed E-state index contributed by atoms with van der Waals surface area (Å²) in [4.78, 5) is 30.6. The van der Waals surface area contributed by atoms with Crippen molar-refractivity contribution in [2.75, 3.05) is 31.1 Å². The highest BCUT2D eigenvalue weighted by Gasteiger charge is 2.32. The van der Waals surface area contributed by atoms with Crippen molar-refractivity contribution in [1.29, 1.82) is 0 Å². The third-order valence-electron chi connectivity index (χ3n) is 6.06. The van der Waals surface area contributed by atoms with Gasteiger partial charge in [-0.3, -0.25) is 9.80 Å². The first kappa shape index (κ1) is 23.9. The van der Waals surface area contributed by atoms with Gasteiger partial charge in [0.1, 0.15) is 12.2 Å². The lowest BCUT2D eigenvalue weighted by molar-refractivity contribution is 0.0241. The summed E-state index contributed by atoms with van der Waals surface area (Å²) >= 11 is 0. The lowest BCUT2D eigenvalue weighted by Gasteiger charge is -2.41. The van der Waals surface area contributed by atoms with Crippen LogP contribution < -0.4 is 4.90 Å². The van der Waals surface area contributed by atoms with Gasteiger partial charge in [0.2, 0.25) is 0 Å². The number of amides is 2. The molecule has 1 saturated heterocycles. The van der Waals surface area contributed by atoms with Gasteiger partial charge in [0.25, 0.3) is 0 Å². The number of fused-ring (bicyclic) bond motifs is 1. The molecule has 0 aliphatic carbocycles. The quantitative estimate of drug-likeness (QED) is 0.737. The predicted octanol–water partition coefficient (Wildman–Crippen LogP) is 3.76. The lowest BCUT2D eigenvalue weighted by atomic mass is 10.1. The fraction of sp³-hybridized carbons (Fsp3) is 0.462. The van der Waals surface area contributed by atoms with E-state index in [0.717, 1.165) is 22.4 Å². The normalized spacial score (nSPS) is 18.0. The van der Waals surface area contributed by atoms with Crippen LogP contribution >= 0.6 is 0 Å². The molecule has 34 heavy (non-hydrogen) atoms. The number of rotatable bonds is 4. The molecule has 2 amide bonds. The van der Waals surface area contributed by atoms with Crippen LogP contribution in [0.15, 0.2) is 48.5 Å². The van der Waals surface area contributed by atoms with Gasteiger partial charge in [-0.1, -0.05) is 36.4 Å². The maximum Gasteiger partial charge on any atom is 0.410 e. The Balaban J connectivity index is 1.36. The first-order chi connectivity index (χ1) is 16.2. The Morgan fingerprint density at radius 3 is 2.44 bits per heavy atom. The van der Waals surface area contributed by atoms with E-state index in [4.69, 9.17) is 9.47 Å². The van der Waals surface area contributed by atoms with Crippen LogP contribution in [0.25, 0.3) is 0 Å². The van der Waals surface area contributed by atoms with E-state index >= 15 is 0 Å². The Labute approximate surface area is 200 Å². The summed E-state index contributed by atoms with van der Waals surface area (Å²) in [5.41, 5.74) is 3.61. The third kappa shape index (κ3) is 5.62. The minimum Gasteiger partial charge on any atom is -0.445 e. The molecule has 2 aliphatic heterocycles. The van der Waals surface area contributed by atoms with Gasteiger partial charge in [-0.15, -0.1) is 0 Å². The number of aliphatic hydroxyl groups excluding tert-OH is 1. The Morgan fingerprint density at radius 2 is 1.74 bits per heavy atom. The number of hydrogen-bond donors (Lipinski definition) is 1. The molecule has 8 heteroatoms. The van der Waals surface area contributed by atoms with Crippen LogP contribution in [0.5, 0.6) is 0 Å².